The van der Waals surface area contributed by atoms with E-state index in [2.05, 4.69) is 36.4 Å². The highest BCUT2D eigenvalue weighted by atomic mass is 79.9. The van der Waals surface area contributed by atoms with Gasteiger partial charge in [-0.3, -0.25) is 5.10 Å². The van der Waals surface area contributed by atoms with Gasteiger partial charge in [-0.2, -0.15) is 18.3 Å². The Morgan fingerprint density at radius 2 is 2.04 bits per heavy atom. The fourth-order valence-electron chi connectivity index (χ4n) is 2.16. The lowest BCUT2D eigenvalue weighted by Crippen LogP contribution is -2.34. The number of hydrogen-bond donors (Lipinski definition) is 2. The largest absolute Gasteiger partial charge is 0.444 e. The number of nitrogens with zero attached hydrogens (tertiary/aromatic N) is 2. The summed E-state index contributed by atoms with van der Waals surface area (Å²) in [6, 6.07) is 0.931. The lowest BCUT2D eigenvalue weighted by atomic mass is 10.0. The van der Waals surface area contributed by atoms with Crippen LogP contribution in [0.5, 0.6) is 0 Å². The number of carbonyl (C=O) groups excluding carboxylic acids is 1. The number of pyridine rings is 1. The van der Waals surface area contributed by atoms with Crippen molar-refractivity contribution >= 4 is 32.9 Å². The van der Waals surface area contributed by atoms with Crippen molar-refractivity contribution < 1.29 is 22.7 Å². The first-order valence-corrected chi connectivity index (χ1v) is 8.26. The molecule has 25 heavy (non-hydrogen) atoms. The number of carbonyl (C=O) groups is 1. The van der Waals surface area contributed by atoms with E-state index in [1.165, 1.54) is 0 Å². The fraction of sp³-hybridized carbons (Fsp3) is 0.533. The number of alkyl halides is 3. The van der Waals surface area contributed by atoms with Crippen LogP contribution >= 0.6 is 15.9 Å². The Hall–Kier alpha value is -1.84. The highest BCUT2D eigenvalue weighted by Crippen LogP contribution is 2.34. The van der Waals surface area contributed by atoms with E-state index in [9.17, 15) is 18.0 Å². The third-order valence-electron chi connectivity index (χ3n) is 3.24. The van der Waals surface area contributed by atoms with E-state index in [0.717, 1.165) is 6.07 Å². The Kier molecular flexibility index (Phi) is 5.31. The molecule has 2 aromatic heterocycles. The summed E-state index contributed by atoms with van der Waals surface area (Å²) in [5, 5.41) is 9.37. The molecule has 138 valence electrons. The average molecular weight is 423 g/mol. The SMILES string of the molecule is CC(CNC(=O)OC(C)(C)C)c1nc(C(F)(F)F)cc2c(Br)n[nH]c12. The van der Waals surface area contributed by atoms with Gasteiger partial charge < -0.3 is 10.1 Å². The van der Waals surface area contributed by atoms with Crippen LogP contribution in [-0.2, 0) is 10.9 Å². The molecule has 2 rings (SSSR count). The average Bonchev–Trinajstić information content (AvgIpc) is 2.83. The van der Waals surface area contributed by atoms with E-state index >= 15 is 0 Å². The molecule has 2 N–H and O–H groups in total. The first kappa shape index (κ1) is 19.5. The first-order valence-electron chi connectivity index (χ1n) is 7.47. The van der Waals surface area contributed by atoms with Gasteiger partial charge in [0.1, 0.15) is 15.9 Å². The summed E-state index contributed by atoms with van der Waals surface area (Å²) in [6.45, 7) is 6.88. The van der Waals surface area contributed by atoms with Crippen LogP contribution in [0.25, 0.3) is 10.9 Å². The molecule has 0 aliphatic rings. The van der Waals surface area contributed by atoms with Crippen molar-refractivity contribution in [1.82, 2.24) is 20.5 Å². The van der Waals surface area contributed by atoms with Crippen LogP contribution in [0.2, 0.25) is 0 Å². The summed E-state index contributed by atoms with van der Waals surface area (Å²) < 4.78 is 44.7. The van der Waals surface area contributed by atoms with Crippen molar-refractivity contribution in [3.63, 3.8) is 0 Å². The summed E-state index contributed by atoms with van der Waals surface area (Å²) >= 11 is 3.12. The Labute approximate surface area is 150 Å². The second kappa shape index (κ2) is 6.81. The smallest absolute Gasteiger partial charge is 0.433 e. The van der Waals surface area contributed by atoms with E-state index in [1.54, 1.807) is 27.7 Å². The fourth-order valence-corrected chi connectivity index (χ4v) is 2.56. The lowest BCUT2D eigenvalue weighted by molar-refractivity contribution is -0.141. The number of nitrogens with one attached hydrogen (secondary N) is 2. The molecule has 1 atom stereocenters. The van der Waals surface area contributed by atoms with Crippen LogP contribution in [0.15, 0.2) is 10.7 Å². The van der Waals surface area contributed by atoms with E-state index in [1.807, 2.05) is 0 Å². The van der Waals surface area contributed by atoms with E-state index in [0.29, 0.717) is 5.52 Å². The van der Waals surface area contributed by atoms with Crippen molar-refractivity contribution in [3.8, 4) is 0 Å². The second-order valence-corrected chi connectivity index (χ2v) is 7.36. The number of hydrogen-bond acceptors (Lipinski definition) is 4. The van der Waals surface area contributed by atoms with Crippen molar-refractivity contribution in [1.29, 1.82) is 0 Å². The van der Waals surface area contributed by atoms with Crippen molar-refractivity contribution in [2.45, 2.75) is 45.4 Å². The van der Waals surface area contributed by atoms with Gasteiger partial charge in [0, 0.05) is 17.8 Å². The maximum atomic E-state index is 13.1. The topological polar surface area (TPSA) is 79.9 Å². The summed E-state index contributed by atoms with van der Waals surface area (Å²) in [7, 11) is 0. The van der Waals surface area contributed by atoms with Crippen LogP contribution in [-0.4, -0.2) is 33.4 Å². The minimum absolute atomic E-state index is 0.0644. The van der Waals surface area contributed by atoms with Crippen molar-refractivity contribution in [2.24, 2.45) is 0 Å². The van der Waals surface area contributed by atoms with Gasteiger partial charge in [0.2, 0.25) is 0 Å². The molecule has 0 aromatic carbocycles. The van der Waals surface area contributed by atoms with E-state index in [-0.39, 0.29) is 22.2 Å². The normalized spacial score (nSPS) is 13.8. The molecule has 0 aliphatic carbocycles. The third kappa shape index (κ3) is 4.83. The van der Waals surface area contributed by atoms with Crippen LogP contribution in [0, 0.1) is 0 Å². The number of aromatic nitrogens is 3. The summed E-state index contributed by atoms with van der Waals surface area (Å²) in [5.41, 5.74) is -1.12. The number of H-pyrrole nitrogens is 1. The van der Waals surface area contributed by atoms with Crippen LogP contribution in [0.4, 0.5) is 18.0 Å². The molecule has 1 unspecified atom stereocenters. The predicted molar refractivity (Wildman–Crippen MR) is 89.2 cm³/mol. The zero-order chi connectivity index (χ0) is 19.0. The quantitative estimate of drug-likeness (QED) is 0.769. The van der Waals surface area contributed by atoms with Crippen LogP contribution in [0.3, 0.4) is 0 Å². The molecule has 0 aliphatic heterocycles. The molecular weight excluding hydrogens is 405 g/mol. The Bertz CT molecular complexity index is 783. The van der Waals surface area contributed by atoms with Gasteiger partial charge >= 0.3 is 12.3 Å². The molecular formula is C15H18BrF3N4O2. The van der Waals surface area contributed by atoms with Gasteiger partial charge in [-0.05, 0) is 42.8 Å². The molecule has 0 saturated heterocycles. The number of halogens is 4. The second-order valence-electron chi connectivity index (χ2n) is 6.61. The van der Waals surface area contributed by atoms with E-state index < -0.39 is 29.5 Å². The number of aromatic amines is 1. The minimum Gasteiger partial charge on any atom is -0.444 e. The maximum absolute atomic E-state index is 13.1. The maximum Gasteiger partial charge on any atom is 0.433 e. The van der Waals surface area contributed by atoms with Crippen molar-refractivity contribution in [3.05, 3.63) is 22.1 Å². The zero-order valence-electron chi connectivity index (χ0n) is 14.1. The Morgan fingerprint density at radius 1 is 1.40 bits per heavy atom. The van der Waals surface area contributed by atoms with Crippen molar-refractivity contribution in [2.75, 3.05) is 6.54 Å². The van der Waals surface area contributed by atoms with Gasteiger partial charge in [-0.1, -0.05) is 6.92 Å². The number of ether oxygens (including phenoxy) is 1. The number of alkyl carbamates (subject to hydrolysis) is 1. The highest BCUT2D eigenvalue weighted by Gasteiger charge is 2.34. The molecule has 10 heteroatoms. The highest BCUT2D eigenvalue weighted by molar-refractivity contribution is 9.10. The van der Waals surface area contributed by atoms with Gasteiger partial charge in [-0.25, -0.2) is 9.78 Å². The van der Waals surface area contributed by atoms with E-state index in [4.69, 9.17) is 4.74 Å². The number of rotatable bonds is 3. The summed E-state index contributed by atoms with van der Waals surface area (Å²) in [4.78, 5) is 15.5. The lowest BCUT2D eigenvalue weighted by Gasteiger charge is -2.21. The van der Waals surface area contributed by atoms with Gasteiger partial charge in [-0.15, -0.1) is 0 Å². The summed E-state index contributed by atoms with van der Waals surface area (Å²) in [5.74, 6) is -0.496. The monoisotopic (exact) mass is 422 g/mol. The minimum atomic E-state index is -4.59. The van der Waals surface area contributed by atoms with Gasteiger partial charge in [0.25, 0.3) is 0 Å². The molecule has 0 saturated carbocycles. The zero-order valence-corrected chi connectivity index (χ0v) is 15.7. The standard InChI is InChI=1S/C15H18BrF3N4O2/c1-7(6-20-13(24)25-14(2,3)4)10-11-8(12(16)23-22-11)5-9(21-10)15(17,18)19/h5,7H,6H2,1-4H3,(H,20,24)(H,22,23). The molecule has 2 aromatic rings. The molecule has 2 heterocycles. The molecule has 6 nitrogen and oxygen atoms in total. The Morgan fingerprint density at radius 3 is 2.60 bits per heavy atom. The number of amides is 1. The Balaban J connectivity index is 2.28. The number of fused-ring (bicyclic) bond motifs is 1. The molecule has 0 radical (unpaired) electrons. The third-order valence-corrected chi connectivity index (χ3v) is 3.85. The molecule has 1 amide bonds. The predicted octanol–water partition coefficient (Wildman–Crippen LogP) is 4.37. The summed E-state index contributed by atoms with van der Waals surface area (Å²) in [6.07, 6.45) is -5.23. The van der Waals surface area contributed by atoms with Crippen LogP contribution in [0.1, 0.15) is 45.0 Å². The first-order chi connectivity index (χ1) is 11.4. The molecule has 0 spiro atoms. The van der Waals surface area contributed by atoms with Crippen LogP contribution < -0.4 is 5.32 Å². The molecule has 0 bridgehead atoms. The molecule has 0 fully saturated rings. The van der Waals surface area contributed by atoms with Gasteiger partial charge in [0.15, 0.2) is 0 Å². The van der Waals surface area contributed by atoms with Gasteiger partial charge in [0.05, 0.1) is 11.2 Å².